The molecule has 0 spiro atoms. The number of ketones is 1. The topological polar surface area (TPSA) is 46.6 Å². The van der Waals surface area contributed by atoms with Gasteiger partial charge in [0.2, 0.25) is 0 Å². The van der Waals surface area contributed by atoms with Gasteiger partial charge in [-0.3, -0.25) is 14.5 Å². The summed E-state index contributed by atoms with van der Waals surface area (Å²) in [5.74, 6) is 0.155. The number of likely N-dealkylation sites (N-methyl/N-ethyl adjacent to an activating group) is 1. The van der Waals surface area contributed by atoms with Gasteiger partial charge in [-0.15, -0.1) is 0 Å². The van der Waals surface area contributed by atoms with Crippen LogP contribution in [0.1, 0.15) is 47.0 Å². The lowest BCUT2D eigenvalue weighted by molar-refractivity contribution is -0.145. The molecule has 18 heavy (non-hydrogen) atoms. The van der Waals surface area contributed by atoms with Crippen LogP contribution in [0, 0.1) is 5.92 Å². The van der Waals surface area contributed by atoms with Gasteiger partial charge in [0.15, 0.2) is 5.78 Å². The second-order valence-electron chi connectivity index (χ2n) is 4.53. The van der Waals surface area contributed by atoms with Crippen molar-refractivity contribution in [3.8, 4) is 0 Å². The highest BCUT2D eigenvalue weighted by Crippen LogP contribution is 2.09. The van der Waals surface area contributed by atoms with Crippen molar-refractivity contribution in [1.29, 1.82) is 0 Å². The number of esters is 1. The first-order valence-corrected chi connectivity index (χ1v) is 6.96. The zero-order chi connectivity index (χ0) is 14.0. The predicted octanol–water partition coefficient (Wildman–Crippen LogP) is 2.27. The van der Waals surface area contributed by atoms with Gasteiger partial charge in [0.1, 0.15) is 6.42 Å². The molecule has 0 atom stereocenters. The van der Waals surface area contributed by atoms with Gasteiger partial charge in [-0.2, -0.15) is 0 Å². The number of carbonyl (C=O) groups is 2. The lowest BCUT2D eigenvalue weighted by Crippen LogP contribution is -2.34. The molecular weight excluding hydrogens is 230 g/mol. The molecule has 0 radical (unpaired) electrons. The number of ether oxygens (including phenoxy) is 1. The van der Waals surface area contributed by atoms with Gasteiger partial charge in [0.05, 0.1) is 13.2 Å². The van der Waals surface area contributed by atoms with Crippen molar-refractivity contribution in [2.24, 2.45) is 5.92 Å². The van der Waals surface area contributed by atoms with Crippen molar-refractivity contribution in [2.45, 2.75) is 47.0 Å². The first kappa shape index (κ1) is 17.1. The Bertz CT molecular complexity index is 249. The van der Waals surface area contributed by atoms with Crippen LogP contribution < -0.4 is 0 Å². The van der Waals surface area contributed by atoms with Crippen molar-refractivity contribution in [1.82, 2.24) is 4.90 Å². The number of hydrogen-bond acceptors (Lipinski definition) is 4. The zero-order valence-electron chi connectivity index (χ0n) is 12.2. The fourth-order valence-electron chi connectivity index (χ4n) is 1.90. The van der Waals surface area contributed by atoms with E-state index in [-0.39, 0.29) is 12.2 Å². The monoisotopic (exact) mass is 257 g/mol. The Kier molecular flexibility index (Phi) is 9.56. The minimum atomic E-state index is -0.416. The van der Waals surface area contributed by atoms with Crippen LogP contribution in [-0.2, 0) is 14.3 Å². The van der Waals surface area contributed by atoms with E-state index in [1.54, 1.807) is 6.92 Å². The zero-order valence-corrected chi connectivity index (χ0v) is 12.2. The van der Waals surface area contributed by atoms with Crippen molar-refractivity contribution in [3.05, 3.63) is 0 Å². The molecule has 0 aliphatic rings. The van der Waals surface area contributed by atoms with Crippen LogP contribution in [-0.4, -0.2) is 42.9 Å². The molecule has 0 saturated carbocycles. The summed E-state index contributed by atoms with van der Waals surface area (Å²) < 4.78 is 4.77. The summed E-state index contributed by atoms with van der Waals surface area (Å²) in [5.41, 5.74) is 0. The summed E-state index contributed by atoms with van der Waals surface area (Å²) >= 11 is 0. The van der Waals surface area contributed by atoms with E-state index in [0.717, 1.165) is 25.9 Å². The Morgan fingerprint density at radius 2 is 1.72 bits per heavy atom. The molecule has 0 bridgehead atoms. The van der Waals surface area contributed by atoms with Crippen LogP contribution in [0.15, 0.2) is 0 Å². The van der Waals surface area contributed by atoms with Crippen molar-refractivity contribution in [3.63, 3.8) is 0 Å². The van der Waals surface area contributed by atoms with Crippen LogP contribution in [0.25, 0.3) is 0 Å². The molecule has 0 N–H and O–H groups in total. The molecule has 4 nitrogen and oxygen atoms in total. The second-order valence-corrected chi connectivity index (χ2v) is 4.53. The molecule has 0 amide bonds. The third kappa shape index (κ3) is 7.43. The molecule has 0 heterocycles. The first-order chi connectivity index (χ1) is 8.57. The normalized spacial score (nSPS) is 11.0. The van der Waals surface area contributed by atoms with Gasteiger partial charge >= 0.3 is 5.97 Å². The minimum Gasteiger partial charge on any atom is -0.466 e. The quantitative estimate of drug-likeness (QED) is 0.445. The second kappa shape index (κ2) is 10.1. The molecule has 0 aliphatic carbocycles. The van der Waals surface area contributed by atoms with Crippen LogP contribution in [0.5, 0.6) is 0 Å². The van der Waals surface area contributed by atoms with E-state index in [1.165, 1.54) is 0 Å². The number of nitrogens with zero attached hydrogens (tertiary/aromatic N) is 1. The molecule has 0 saturated heterocycles. The molecule has 0 aliphatic heterocycles. The van der Waals surface area contributed by atoms with E-state index >= 15 is 0 Å². The van der Waals surface area contributed by atoms with Gasteiger partial charge in [0.25, 0.3) is 0 Å². The summed E-state index contributed by atoms with van der Waals surface area (Å²) in [6, 6.07) is 0. The summed E-state index contributed by atoms with van der Waals surface area (Å²) in [6.45, 7) is 10.6. The Labute approximate surface area is 111 Å². The van der Waals surface area contributed by atoms with Gasteiger partial charge in [-0.25, -0.2) is 0 Å². The van der Waals surface area contributed by atoms with Gasteiger partial charge in [0, 0.05) is 6.54 Å². The molecule has 106 valence electrons. The van der Waals surface area contributed by atoms with Crippen LogP contribution in [0.4, 0.5) is 0 Å². The lowest BCUT2D eigenvalue weighted by Gasteiger charge is -2.24. The molecule has 0 aromatic heterocycles. The Hall–Kier alpha value is -0.900. The van der Waals surface area contributed by atoms with E-state index in [9.17, 15) is 9.59 Å². The highest BCUT2D eigenvalue weighted by atomic mass is 16.5. The van der Waals surface area contributed by atoms with Gasteiger partial charge < -0.3 is 4.74 Å². The molecule has 0 aromatic rings. The molecule has 0 rings (SSSR count). The van der Waals surface area contributed by atoms with E-state index in [0.29, 0.717) is 19.1 Å². The molecule has 0 fully saturated rings. The molecular formula is C14H27NO3. The maximum Gasteiger partial charge on any atom is 0.313 e. The minimum absolute atomic E-state index is 0.0544. The SMILES string of the molecule is CCOC(=O)CC(=O)CN(CC)CC(CC)CC. The third-order valence-electron chi connectivity index (χ3n) is 3.17. The lowest BCUT2D eigenvalue weighted by atomic mass is 10.0. The average Bonchev–Trinajstić information content (AvgIpc) is 2.34. The standard InChI is InChI=1S/C14H27NO3/c1-5-12(6-2)10-15(7-3)11-13(16)9-14(17)18-8-4/h12H,5-11H2,1-4H3. The maximum absolute atomic E-state index is 11.7. The van der Waals surface area contributed by atoms with E-state index in [1.807, 2.05) is 6.92 Å². The summed E-state index contributed by atoms with van der Waals surface area (Å²) in [7, 11) is 0. The Morgan fingerprint density at radius 3 is 2.17 bits per heavy atom. The van der Waals surface area contributed by atoms with Gasteiger partial charge in [-0.05, 0) is 19.4 Å². The summed E-state index contributed by atoms with van der Waals surface area (Å²) in [6.07, 6.45) is 2.14. The summed E-state index contributed by atoms with van der Waals surface area (Å²) in [4.78, 5) is 25.0. The Balaban J connectivity index is 4.11. The maximum atomic E-state index is 11.7. The van der Waals surface area contributed by atoms with Crippen molar-refractivity contribution in [2.75, 3.05) is 26.2 Å². The van der Waals surface area contributed by atoms with E-state index in [4.69, 9.17) is 4.74 Å². The average molecular weight is 257 g/mol. The van der Waals surface area contributed by atoms with E-state index in [2.05, 4.69) is 18.7 Å². The van der Waals surface area contributed by atoms with Crippen LogP contribution in [0.3, 0.4) is 0 Å². The predicted molar refractivity (Wildman–Crippen MR) is 72.4 cm³/mol. The highest BCUT2D eigenvalue weighted by molar-refractivity contribution is 5.96. The number of carbonyl (C=O) groups excluding carboxylic acids is 2. The van der Waals surface area contributed by atoms with Gasteiger partial charge in [-0.1, -0.05) is 33.6 Å². The van der Waals surface area contributed by atoms with Crippen LogP contribution in [0.2, 0.25) is 0 Å². The number of Topliss-reactive ketones (excluding diaryl/α,β-unsaturated/α-hetero) is 1. The fraction of sp³-hybridized carbons (Fsp3) is 0.857. The van der Waals surface area contributed by atoms with Crippen molar-refractivity contribution < 1.29 is 14.3 Å². The third-order valence-corrected chi connectivity index (χ3v) is 3.17. The first-order valence-electron chi connectivity index (χ1n) is 6.96. The largest absolute Gasteiger partial charge is 0.466 e. The Morgan fingerprint density at radius 1 is 1.11 bits per heavy atom. The number of hydrogen-bond donors (Lipinski definition) is 0. The molecule has 0 aromatic carbocycles. The van der Waals surface area contributed by atoms with Crippen LogP contribution >= 0.6 is 0 Å². The molecule has 4 heteroatoms. The van der Waals surface area contributed by atoms with E-state index < -0.39 is 5.97 Å². The smallest absolute Gasteiger partial charge is 0.313 e. The molecule has 0 unspecified atom stereocenters. The van der Waals surface area contributed by atoms with Crippen molar-refractivity contribution >= 4 is 11.8 Å². The highest BCUT2D eigenvalue weighted by Gasteiger charge is 2.16. The summed E-state index contributed by atoms with van der Waals surface area (Å²) in [5, 5.41) is 0. The fourth-order valence-corrected chi connectivity index (χ4v) is 1.90. The number of rotatable bonds is 10.